The van der Waals surface area contributed by atoms with Crippen LogP contribution in [0, 0.1) is 5.92 Å². The fraction of sp³-hybridized carbons (Fsp3) is 0.455. The molecule has 2 atom stereocenters. The third-order valence-corrected chi connectivity index (χ3v) is 5.41. The molecule has 0 unspecified atom stereocenters. The molecule has 3 rings (SSSR count). The van der Waals surface area contributed by atoms with Gasteiger partial charge < -0.3 is 0 Å². The fourth-order valence-electron chi connectivity index (χ4n) is 3.31. The normalized spacial score (nSPS) is 17.5. The first-order valence-electron chi connectivity index (χ1n) is 9.68. The summed E-state index contributed by atoms with van der Waals surface area (Å²) in [6.45, 7) is 8.17. The molecule has 1 amide bonds. The first-order chi connectivity index (χ1) is 12.9. The second-order valence-corrected chi connectivity index (χ2v) is 7.70. The summed E-state index contributed by atoms with van der Waals surface area (Å²) in [6, 6.07) is 8.51. The van der Waals surface area contributed by atoms with Crippen molar-refractivity contribution in [3.8, 4) is 0 Å². The highest BCUT2D eigenvalue weighted by atomic mass is 16.2. The van der Waals surface area contributed by atoms with Crippen molar-refractivity contribution in [1.82, 2.24) is 9.97 Å². The number of Topliss-reactive ketones (excluding diaryl/α,β-unsaturated/α-hetero) is 1. The summed E-state index contributed by atoms with van der Waals surface area (Å²) in [4.78, 5) is 33.3. The number of nitrogens with zero attached hydrogens (tertiary/aromatic N) is 2. The molecule has 5 nitrogen and oxygen atoms in total. The zero-order valence-corrected chi connectivity index (χ0v) is 16.5. The number of nitrogens with one attached hydrogen (secondary N) is 1. The van der Waals surface area contributed by atoms with Crippen molar-refractivity contribution in [2.75, 3.05) is 5.32 Å². The Balaban J connectivity index is 1.81. The van der Waals surface area contributed by atoms with Gasteiger partial charge in [-0.05, 0) is 35.8 Å². The molecule has 0 bridgehead atoms. The van der Waals surface area contributed by atoms with E-state index in [0.29, 0.717) is 24.3 Å². The van der Waals surface area contributed by atoms with Crippen LogP contribution in [0.2, 0.25) is 0 Å². The number of carbonyl (C=O) groups is 2. The molecule has 0 radical (unpaired) electrons. The number of ketones is 1. The van der Waals surface area contributed by atoms with Crippen molar-refractivity contribution in [1.29, 1.82) is 0 Å². The summed E-state index contributed by atoms with van der Waals surface area (Å²) in [7, 11) is 0. The van der Waals surface area contributed by atoms with Crippen molar-refractivity contribution >= 4 is 17.6 Å². The lowest BCUT2D eigenvalue weighted by Gasteiger charge is -2.23. The Labute approximate surface area is 160 Å². The minimum atomic E-state index is -0.0986. The Morgan fingerprint density at radius 3 is 2.52 bits per heavy atom. The molecule has 5 heteroatoms. The van der Waals surface area contributed by atoms with Crippen molar-refractivity contribution in [2.45, 2.75) is 58.8 Å². The number of benzene rings is 1. The van der Waals surface area contributed by atoms with Crippen LogP contribution in [0.5, 0.6) is 0 Å². The van der Waals surface area contributed by atoms with Gasteiger partial charge in [0.15, 0.2) is 5.78 Å². The zero-order chi connectivity index (χ0) is 19.6. The third kappa shape index (κ3) is 4.24. The standard InChI is InChI=1S/C22H27N3O2/c1-5-14(4)21(27)25-22-23-12-18-19(24-22)10-17(11-20(18)26)16-8-6-15(7-9-16)13(2)3/h6-9,12-14,17H,5,10-11H2,1-4H3,(H,23,24,25,27)/t14-,17+/m0/s1. The maximum absolute atomic E-state index is 12.6. The number of fused-ring (bicyclic) bond motifs is 1. The van der Waals surface area contributed by atoms with Crippen molar-refractivity contribution in [3.05, 3.63) is 52.8 Å². The molecule has 0 spiro atoms. The summed E-state index contributed by atoms with van der Waals surface area (Å²) in [5.74, 6) is 0.743. The number of hydrogen-bond donors (Lipinski definition) is 1. The molecule has 1 aromatic heterocycles. The van der Waals surface area contributed by atoms with Crippen molar-refractivity contribution < 1.29 is 9.59 Å². The van der Waals surface area contributed by atoms with Crippen LogP contribution in [-0.4, -0.2) is 21.7 Å². The van der Waals surface area contributed by atoms with E-state index in [1.54, 1.807) is 6.20 Å². The fourth-order valence-corrected chi connectivity index (χ4v) is 3.31. The molecule has 0 aliphatic heterocycles. The number of hydrogen-bond acceptors (Lipinski definition) is 4. The van der Waals surface area contributed by atoms with E-state index in [0.717, 1.165) is 17.7 Å². The second kappa shape index (κ2) is 7.99. The lowest BCUT2D eigenvalue weighted by molar-refractivity contribution is -0.119. The second-order valence-electron chi connectivity index (χ2n) is 7.70. The van der Waals surface area contributed by atoms with Gasteiger partial charge >= 0.3 is 0 Å². The molecule has 27 heavy (non-hydrogen) atoms. The van der Waals surface area contributed by atoms with Gasteiger partial charge in [0, 0.05) is 18.5 Å². The van der Waals surface area contributed by atoms with E-state index in [4.69, 9.17) is 0 Å². The molecule has 0 saturated heterocycles. The highest BCUT2D eigenvalue weighted by molar-refractivity contribution is 5.99. The number of aromatic nitrogens is 2. The van der Waals surface area contributed by atoms with Gasteiger partial charge in [0.1, 0.15) is 0 Å². The zero-order valence-electron chi connectivity index (χ0n) is 16.5. The van der Waals surface area contributed by atoms with E-state index in [1.165, 1.54) is 5.56 Å². The topological polar surface area (TPSA) is 72.0 Å². The SMILES string of the molecule is CC[C@H](C)C(=O)Nc1ncc2c(n1)C[C@@H](c1ccc(C(C)C)cc1)CC2=O. The van der Waals surface area contributed by atoms with Crippen molar-refractivity contribution in [3.63, 3.8) is 0 Å². The molecular weight excluding hydrogens is 338 g/mol. The Hall–Kier alpha value is -2.56. The largest absolute Gasteiger partial charge is 0.294 e. The van der Waals surface area contributed by atoms with Crippen LogP contribution in [-0.2, 0) is 11.2 Å². The van der Waals surface area contributed by atoms with Gasteiger partial charge in [-0.2, -0.15) is 0 Å². The Morgan fingerprint density at radius 1 is 1.19 bits per heavy atom. The molecule has 142 valence electrons. The Bertz CT molecular complexity index is 843. The molecule has 1 aliphatic carbocycles. The highest BCUT2D eigenvalue weighted by Gasteiger charge is 2.28. The van der Waals surface area contributed by atoms with E-state index in [-0.39, 0.29) is 29.5 Å². The lowest BCUT2D eigenvalue weighted by Crippen LogP contribution is -2.24. The number of amides is 1. The summed E-state index contributed by atoms with van der Waals surface area (Å²) in [5.41, 5.74) is 3.74. The average Bonchev–Trinajstić information content (AvgIpc) is 2.67. The van der Waals surface area contributed by atoms with Crippen LogP contribution >= 0.6 is 0 Å². The van der Waals surface area contributed by atoms with Gasteiger partial charge in [-0.3, -0.25) is 14.9 Å². The van der Waals surface area contributed by atoms with Crippen LogP contribution < -0.4 is 5.32 Å². The lowest BCUT2D eigenvalue weighted by atomic mass is 9.81. The minimum absolute atomic E-state index is 0.0639. The monoisotopic (exact) mass is 365 g/mol. The van der Waals surface area contributed by atoms with E-state index >= 15 is 0 Å². The van der Waals surface area contributed by atoms with Gasteiger partial charge in [-0.1, -0.05) is 52.0 Å². The van der Waals surface area contributed by atoms with E-state index in [1.807, 2.05) is 13.8 Å². The van der Waals surface area contributed by atoms with Gasteiger partial charge in [-0.25, -0.2) is 9.97 Å². The smallest absolute Gasteiger partial charge is 0.229 e. The predicted octanol–water partition coefficient (Wildman–Crippen LogP) is 4.50. The molecule has 0 fully saturated rings. The number of anilines is 1. The van der Waals surface area contributed by atoms with Crippen LogP contribution in [0.25, 0.3) is 0 Å². The maximum Gasteiger partial charge on any atom is 0.229 e. The molecule has 0 saturated carbocycles. The maximum atomic E-state index is 12.6. The first kappa shape index (κ1) is 19.2. The number of carbonyl (C=O) groups excluding carboxylic acids is 2. The Morgan fingerprint density at radius 2 is 1.89 bits per heavy atom. The van der Waals surface area contributed by atoms with Gasteiger partial charge in [0.25, 0.3) is 0 Å². The summed E-state index contributed by atoms with van der Waals surface area (Å²) in [5, 5.41) is 2.76. The molecule has 1 heterocycles. The number of rotatable bonds is 5. The third-order valence-electron chi connectivity index (χ3n) is 5.41. The molecule has 2 aromatic rings. The summed E-state index contributed by atoms with van der Waals surface area (Å²) in [6.07, 6.45) is 3.45. The van der Waals surface area contributed by atoms with Gasteiger partial charge in [-0.15, -0.1) is 0 Å². The molecular formula is C22H27N3O2. The molecule has 1 N–H and O–H groups in total. The van der Waals surface area contributed by atoms with Gasteiger partial charge in [0.05, 0.1) is 11.3 Å². The van der Waals surface area contributed by atoms with Crippen LogP contribution in [0.15, 0.2) is 30.5 Å². The van der Waals surface area contributed by atoms with Gasteiger partial charge in [0.2, 0.25) is 11.9 Å². The Kier molecular flexibility index (Phi) is 5.68. The predicted molar refractivity (Wildman–Crippen MR) is 106 cm³/mol. The van der Waals surface area contributed by atoms with E-state index in [2.05, 4.69) is 53.4 Å². The van der Waals surface area contributed by atoms with Crippen LogP contribution in [0.3, 0.4) is 0 Å². The van der Waals surface area contributed by atoms with E-state index < -0.39 is 0 Å². The summed E-state index contributed by atoms with van der Waals surface area (Å²) >= 11 is 0. The molecule has 1 aromatic carbocycles. The minimum Gasteiger partial charge on any atom is -0.294 e. The van der Waals surface area contributed by atoms with E-state index in [9.17, 15) is 9.59 Å². The van der Waals surface area contributed by atoms with Crippen LogP contribution in [0.4, 0.5) is 5.95 Å². The quantitative estimate of drug-likeness (QED) is 0.847. The summed E-state index contributed by atoms with van der Waals surface area (Å²) < 4.78 is 0. The van der Waals surface area contributed by atoms with Crippen molar-refractivity contribution in [2.24, 2.45) is 5.92 Å². The highest BCUT2D eigenvalue weighted by Crippen LogP contribution is 2.32. The molecule has 1 aliphatic rings. The van der Waals surface area contributed by atoms with Crippen LogP contribution in [0.1, 0.15) is 79.6 Å². The first-order valence-corrected chi connectivity index (χ1v) is 9.68. The average molecular weight is 365 g/mol.